The maximum Gasteiger partial charge on any atom is 0.472 e. The molecule has 1 unspecified atom stereocenters. The molecule has 0 aliphatic heterocycles. The number of ether oxygens (including phenoxy) is 2. The van der Waals surface area contributed by atoms with E-state index in [1.807, 2.05) is 30.4 Å². The molecule has 0 saturated heterocycles. The SMILES string of the molecule is CC/C=C\C/C=C\C/C=C\C/C=C\C/C=C\C/C=C\CCC(=O)O[C@H](COC(=O)CCCCCCC/C=C\C=C\C(=O)CCCCC)COP(=O)(O)OC[C@@H](O)COP(=O)(O)O. The lowest BCUT2D eigenvalue weighted by molar-refractivity contribution is -0.161. The second-order valence-corrected chi connectivity index (χ2v) is 17.0. The number of aliphatic hydroxyl groups excluding tert-OH is 1. The van der Waals surface area contributed by atoms with Crippen LogP contribution in [0, 0.1) is 0 Å². The molecule has 0 aliphatic rings. The lowest BCUT2D eigenvalue weighted by atomic mass is 10.1. The average Bonchev–Trinajstić information content (AvgIpc) is 3.23. The fourth-order valence-electron chi connectivity index (χ4n) is 5.12. The highest BCUT2D eigenvalue weighted by molar-refractivity contribution is 7.47. The Balaban J connectivity index is 4.72. The van der Waals surface area contributed by atoms with Crippen molar-refractivity contribution in [1.29, 1.82) is 0 Å². The summed E-state index contributed by atoms with van der Waals surface area (Å²) >= 11 is 0. The van der Waals surface area contributed by atoms with Gasteiger partial charge in [0.05, 0.1) is 19.8 Å². The number of esters is 2. The van der Waals surface area contributed by atoms with Crippen LogP contribution in [-0.2, 0) is 46.6 Å². The van der Waals surface area contributed by atoms with Gasteiger partial charge in [-0.2, -0.15) is 0 Å². The summed E-state index contributed by atoms with van der Waals surface area (Å²) in [5.41, 5.74) is 0. The summed E-state index contributed by atoms with van der Waals surface area (Å²) in [7, 11) is -9.74. The smallest absolute Gasteiger partial charge is 0.462 e. The van der Waals surface area contributed by atoms with Crippen molar-refractivity contribution in [2.75, 3.05) is 26.4 Å². The normalized spacial score (nSPS) is 14.8. The van der Waals surface area contributed by atoms with Crippen LogP contribution < -0.4 is 0 Å². The third-order valence-corrected chi connectivity index (χ3v) is 9.87. The Hall–Kier alpha value is -3.29. The molecule has 14 nitrogen and oxygen atoms in total. The topological polar surface area (TPSA) is 212 Å². The van der Waals surface area contributed by atoms with E-state index >= 15 is 0 Å². The molecule has 0 heterocycles. The predicted molar refractivity (Wildman–Crippen MR) is 244 cm³/mol. The van der Waals surface area contributed by atoms with E-state index in [9.17, 15) is 33.5 Å². The van der Waals surface area contributed by atoms with Crippen molar-refractivity contribution in [1.82, 2.24) is 0 Å². The predicted octanol–water partition coefficient (Wildman–Crippen LogP) is 10.5. The van der Waals surface area contributed by atoms with Gasteiger partial charge < -0.3 is 29.3 Å². The molecular formula is C46H74O14P2. The Morgan fingerprint density at radius 1 is 0.532 bits per heavy atom. The van der Waals surface area contributed by atoms with E-state index in [0.29, 0.717) is 25.7 Å². The molecule has 16 heteroatoms. The van der Waals surface area contributed by atoms with Crippen molar-refractivity contribution in [2.24, 2.45) is 0 Å². The van der Waals surface area contributed by atoms with Gasteiger partial charge in [0.25, 0.3) is 0 Å². The molecule has 0 amide bonds. The van der Waals surface area contributed by atoms with E-state index in [-0.39, 0.29) is 18.6 Å². The summed E-state index contributed by atoms with van der Waals surface area (Å²) in [6, 6.07) is 0. The monoisotopic (exact) mass is 912 g/mol. The van der Waals surface area contributed by atoms with Gasteiger partial charge in [-0.25, -0.2) is 9.13 Å². The number of aliphatic hydroxyl groups is 1. The number of hydrogen-bond donors (Lipinski definition) is 4. The summed E-state index contributed by atoms with van der Waals surface area (Å²) in [6.45, 7) is 1.34. The molecular weight excluding hydrogens is 838 g/mol. The van der Waals surface area contributed by atoms with Gasteiger partial charge in [0.15, 0.2) is 11.9 Å². The Morgan fingerprint density at radius 2 is 1.06 bits per heavy atom. The van der Waals surface area contributed by atoms with Crippen molar-refractivity contribution < 1.29 is 66.3 Å². The van der Waals surface area contributed by atoms with Crippen LogP contribution in [0.1, 0.15) is 136 Å². The minimum Gasteiger partial charge on any atom is -0.462 e. The molecule has 62 heavy (non-hydrogen) atoms. The van der Waals surface area contributed by atoms with E-state index in [4.69, 9.17) is 23.8 Å². The third-order valence-electron chi connectivity index (χ3n) is 8.44. The summed E-state index contributed by atoms with van der Waals surface area (Å²) in [5.74, 6) is -1.06. The van der Waals surface area contributed by atoms with Gasteiger partial charge in [0.2, 0.25) is 0 Å². The number of ketones is 1. The zero-order chi connectivity index (χ0) is 46.0. The van der Waals surface area contributed by atoms with E-state index in [1.165, 1.54) is 0 Å². The summed E-state index contributed by atoms with van der Waals surface area (Å²) in [5, 5.41) is 9.74. The molecule has 3 atom stereocenters. The molecule has 0 rings (SSSR count). The lowest BCUT2D eigenvalue weighted by Gasteiger charge is -2.20. The fourth-order valence-corrected chi connectivity index (χ4v) is 6.27. The second-order valence-electron chi connectivity index (χ2n) is 14.3. The molecule has 0 spiro atoms. The number of hydrogen-bond acceptors (Lipinski definition) is 11. The average molecular weight is 913 g/mol. The van der Waals surface area contributed by atoms with Gasteiger partial charge >= 0.3 is 27.6 Å². The summed E-state index contributed by atoms with van der Waals surface area (Å²) < 4.78 is 47.6. The zero-order valence-electron chi connectivity index (χ0n) is 36.9. The number of allylic oxidation sites excluding steroid dienone is 16. The van der Waals surface area contributed by atoms with Crippen LogP contribution in [0.5, 0.6) is 0 Å². The van der Waals surface area contributed by atoms with Crippen molar-refractivity contribution in [3.8, 4) is 0 Å². The maximum absolute atomic E-state index is 12.6. The van der Waals surface area contributed by atoms with Gasteiger partial charge in [-0.1, -0.05) is 137 Å². The van der Waals surface area contributed by atoms with Crippen molar-refractivity contribution in [3.05, 3.63) is 97.2 Å². The highest BCUT2D eigenvalue weighted by Gasteiger charge is 2.28. The van der Waals surface area contributed by atoms with E-state index in [2.05, 4.69) is 77.6 Å². The van der Waals surface area contributed by atoms with Gasteiger partial charge in [0.1, 0.15) is 12.7 Å². The van der Waals surface area contributed by atoms with Crippen LogP contribution in [0.15, 0.2) is 97.2 Å². The first-order valence-electron chi connectivity index (χ1n) is 21.9. The Labute approximate surface area is 370 Å². The van der Waals surface area contributed by atoms with Crippen LogP contribution in [-0.4, -0.2) is 76.1 Å². The van der Waals surface area contributed by atoms with Gasteiger partial charge in [-0.3, -0.25) is 28.0 Å². The molecule has 0 radical (unpaired) electrons. The molecule has 0 aliphatic carbocycles. The molecule has 0 saturated carbocycles. The minimum absolute atomic E-state index is 0.0169. The Bertz CT molecular complexity index is 1520. The first-order chi connectivity index (χ1) is 29.8. The van der Waals surface area contributed by atoms with Crippen LogP contribution >= 0.6 is 15.6 Å². The van der Waals surface area contributed by atoms with Gasteiger partial charge in [-0.05, 0) is 76.7 Å². The van der Waals surface area contributed by atoms with Crippen LogP contribution in [0.3, 0.4) is 0 Å². The lowest BCUT2D eigenvalue weighted by Crippen LogP contribution is -2.29. The highest BCUT2D eigenvalue weighted by atomic mass is 31.2. The third kappa shape index (κ3) is 43.4. The van der Waals surface area contributed by atoms with Crippen molar-refractivity contribution >= 4 is 33.4 Å². The standard InChI is InChI=1S/C46H74O14P2/c1-3-5-7-8-9-10-11-12-13-14-15-16-17-18-19-22-26-29-33-37-46(50)60-44(41-59-62(54,55)58-39-43(48)38-57-61(51,52)53)40-56-45(49)36-32-28-25-23-20-21-24-27-31-35-42(47)34-30-6-4-2/h5,7,9-10,12-13,15-16,18-19,24,26-27,29,31,35,43-44,48H,3-4,6,8,11,14,17,20-23,25,28,30,32-34,36-41H2,1-2H3,(H,54,55)(H2,51,52,53)/b7-5-,10-9-,13-12-,16-15-,19-18-,27-24-,29-26-,35-31+/t43-,44+/m0/s1. The molecule has 0 aromatic heterocycles. The fraction of sp³-hybridized carbons (Fsp3) is 0.587. The van der Waals surface area contributed by atoms with Crippen LogP contribution in [0.2, 0.25) is 0 Å². The highest BCUT2D eigenvalue weighted by Crippen LogP contribution is 2.43. The number of carbonyl (C=O) groups is 3. The quantitative estimate of drug-likeness (QED) is 0.0112. The van der Waals surface area contributed by atoms with Gasteiger partial charge in [0, 0.05) is 19.3 Å². The molecule has 0 bridgehead atoms. The van der Waals surface area contributed by atoms with Gasteiger partial charge in [-0.15, -0.1) is 0 Å². The number of phosphoric acid groups is 2. The number of phosphoric ester groups is 2. The molecule has 4 N–H and O–H groups in total. The molecule has 0 aromatic carbocycles. The number of unbranched alkanes of at least 4 members (excludes halogenated alkanes) is 7. The van der Waals surface area contributed by atoms with Crippen molar-refractivity contribution in [3.63, 3.8) is 0 Å². The Kier molecular flexibility index (Phi) is 38.3. The number of carbonyl (C=O) groups excluding carboxylic acids is 3. The first kappa shape index (κ1) is 58.7. The van der Waals surface area contributed by atoms with E-state index in [1.54, 1.807) is 12.2 Å². The summed E-state index contributed by atoms with van der Waals surface area (Å²) in [4.78, 5) is 64.4. The second kappa shape index (κ2) is 40.5. The van der Waals surface area contributed by atoms with Crippen molar-refractivity contribution in [2.45, 2.75) is 148 Å². The largest absolute Gasteiger partial charge is 0.472 e. The molecule has 0 fully saturated rings. The molecule has 0 aromatic rings. The minimum atomic E-state index is -4.89. The Morgan fingerprint density at radius 3 is 1.66 bits per heavy atom. The number of rotatable bonds is 40. The first-order valence-corrected chi connectivity index (χ1v) is 24.9. The van der Waals surface area contributed by atoms with Crippen LogP contribution in [0.25, 0.3) is 0 Å². The molecule has 352 valence electrons. The van der Waals surface area contributed by atoms with Crippen LogP contribution in [0.4, 0.5) is 0 Å². The van der Waals surface area contributed by atoms with E-state index in [0.717, 1.165) is 83.5 Å². The summed E-state index contributed by atoms with van der Waals surface area (Å²) in [6.07, 6.45) is 44.0. The van der Waals surface area contributed by atoms with E-state index < -0.39 is 66.2 Å². The zero-order valence-corrected chi connectivity index (χ0v) is 38.7. The maximum atomic E-state index is 12.6.